The molecule has 0 radical (unpaired) electrons. The molecule has 0 atom stereocenters. The fourth-order valence-electron chi connectivity index (χ4n) is 5.75. The van der Waals surface area contributed by atoms with Crippen molar-refractivity contribution in [2.75, 3.05) is 37.7 Å². The van der Waals surface area contributed by atoms with Gasteiger partial charge in [0.25, 0.3) is 0 Å². The number of nitrogens with one attached hydrogen (secondary N) is 1. The largest absolute Gasteiger partial charge is 0.416 e. The number of aromatic nitrogens is 1. The number of halogens is 5. The average Bonchev–Trinajstić information content (AvgIpc) is 3.01. The van der Waals surface area contributed by atoms with Gasteiger partial charge in [-0.05, 0) is 86.2 Å². The number of hydrogen-bond donors (Lipinski definition) is 1. The van der Waals surface area contributed by atoms with Crippen LogP contribution in [0.25, 0.3) is 0 Å². The highest BCUT2D eigenvalue weighted by atomic mass is 32.2. The number of sulfonamides is 1. The van der Waals surface area contributed by atoms with Crippen LogP contribution in [0.3, 0.4) is 0 Å². The standard InChI is InChI=1S/C29H30F5N3O5S2/c30-22-3-7-26(31)25(17-22)28(43(38,39)23-4-1-21(2-5-23)29(32,33)34)11-9-20(10-12-28)18-36-44(40,41)24-6-8-27(35-19-24)37-13-15-42-16-14-37/h1-8,17,19-20,36H,9-16,18H2. The van der Waals surface area contributed by atoms with Crippen LogP contribution in [-0.2, 0) is 35.5 Å². The van der Waals surface area contributed by atoms with E-state index in [1.807, 2.05) is 4.90 Å². The van der Waals surface area contributed by atoms with Crippen molar-refractivity contribution in [3.05, 3.63) is 83.6 Å². The average molecular weight is 660 g/mol. The van der Waals surface area contributed by atoms with Crippen molar-refractivity contribution < 1.29 is 43.5 Å². The summed E-state index contributed by atoms with van der Waals surface area (Å²) in [6.45, 7) is 2.31. The molecule has 1 aliphatic carbocycles. The van der Waals surface area contributed by atoms with Crippen molar-refractivity contribution >= 4 is 25.7 Å². The molecule has 238 valence electrons. The first kappa shape index (κ1) is 32.3. The van der Waals surface area contributed by atoms with Crippen molar-refractivity contribution in [3.8, 4) is 0 Å². The number of sulfone groups is 1. The number of nitrogens with zero attached hydrogens (tertiary/aromatic N) is 2. The third-order valence-electron chi connectivity index (χ3n) is 8.27. The van der Waals surface area contributed by atoms with E-state index in [0.717, 1.165) is 30.3 Å². The first-order valence-electron chi connectivity index (χ1n) is 13.9. The summed E-state index contributed by atoms with van der Waals surface area (Å²) in [6, 6.07) is 8.40. The molecule has 8 nitrogen and oxygen atoms in total. The van der Waals surface area contributed by atoms with Gasteiger partial charge in [0, 0.05) is 31.4 Å². The maximum Gasteiger partial charge on any atom is 0.416 e. The fourth-order valence-corrected chi connectivity index (χ4v) is 8.97. The number of rotatable bonds is 8. The molecular weight excluding hydrogens is 629 g/mol. The van der Waals surface area contributed by atoms with E-state index in [2.05, 4.69) is 9.71 Å². The molecule has 2 aliphatic rings. The van der Waals surface area contributed by atoms with E-state index in [4.69, 9.17) is 4.74 Å². The van der Waals surface area contributed by atoms with Crippen LogP contribution in [0.15, 0.2) is 70.6 Å². The van der Waals surface area contributed by atoms with E-state index in [0.29, 0.717) is 44.3 Å². The molecule has 1 saturated carbocycles. The van der Waals surface area contributed by atoms with Gasteiger partial charge in [-0.25, -0.2) is 35.3 Å². The van der Waals surface area contributed by atoms with E-state index in [1.54, 1.807) is 6.07 Å². The summed E-state index contributed by atoms with van der Waals surface area (Å²) < 4.78 is 129. The van der Waals surface area contributed by atoms with Gasteiger partial charge in [-0.2, -0.15) is 13.2 Å². The Kier molecular flexibility index (Phi) is 9.04. The molecule has 15 heteroatoms. The number of anilines is 1. The lowest BCUT2D eigenvalue weighted by atomic mass is 9.77. The summed E-state index contributed by atoms with van der Waals surface area (Å²) in [5.74, 6) is -1.56. The third-order valence-corrected chi connectivity index (χ3v) is 12.2. The Bertz CT molecular complexity index is 1690. The molecule has 3 aromatic rings. The van der Waals surface area contributed by atoms with Crippen LogP contribution in [-0.4, -0.2) is 54.7 Å². The zero-order chi connectivity index (χ0) is 31.8. The molecule has 0 unspecified atom stereocenters. The molecule has 1 aromatic heterocycles. The Labute approximate surface area is 252 Å². The van der Waals surface area contributed by atoms with Gasteiger partial charge in [-0.15, -0.1) is 0 Å². The SMILES string of the molecule is O=S(=O)(NCC1CCC(c2cc(F)ccc2F)(S(=O)(=O)c2ccc(C(F)(F)F)cc2)CC1)c1ccc(N2CCOCC2)nc1. The van der Waals surface area contributed by atoms with Crippen molar-refractivity contribution in [2.45, 2.75) is 46.4 Å². The van der Waals surface area contributed by atoms with Gasteiger partial charge in [0.2, 0.25) is 10.0 Å². The molecule has 2 heterocycles. The zero-order valence-electron chi connectivity index (χ0n) is 23.4. The molecule has 2 aromatic carbocycles. The minimum atomic E-state index is -4.69. The number of pyridine rings is 1. The van der Waals surface area contributed by atoms with Crippen LogP contribution in [0.2, 0.25) is 0 Å². The molecule has 5 rings (SSSR count). The molecule has 1 aliphatic heterocycles. The van der Waals surface area contributed by atoms with E-state index in [1.165, 1.54) is 12.3 Å². The minimum Gasteiger partial charge on any atom is -0.378 e. The maximum absolute atomic E-state index is 15.1. The van der Waals surface area contributed by atoms with E-state index in [9.17, 15) is 34.4 Å². The molecule has 0 amide bonds. The third kappa shape index (κ3) is 6.46. The summed E-state index contributed by atoms with van der Waals surface area (Å²) in [5.41, 5.74) is -1.47. The lowest BCUT2D eigenvalue weighted by Gasteiger charge is -2.40. The molecule has 0 spiro atoms. The molecule has 2 fully saturated rings. The first-order chi connectivity index (χ1) is 20.7. The second-order valence-electron chi connectivity index (χ2n) is 10.9. The number of ether oxygens (including phenoxy) is 1. The minimum absolute atomic E-state index is 0.0460. The highest BCUT2D eigenvalue weighted by Crippen LogP contribution is 2.49. The predicted octanol–water partition coefficient (Wildman–Crippen LogP) is 5.05. The number of morpholine rings is 1. The van der Waals surface area contributed by atoms with Gasteiger partial charge >= 0.3 is 6.18 Å². The van der Waals surface area contributed by atoms with Gasteiger partial charge in [0.15, 0.2) is 9.84 Å². The quantitative estimate of drug-likeness (QED) is 0.338. The normalized spacial score (nSPS) is 21.8. The zero-order valence-corrected chi connectivity index (χ0v) is 25.0. The second-order valence-corrected chi connectivity index (χ2v) is 14.9. The van der Waals surface area contributed by atoms with Crippen LogP contribution < -0.4 is 9.62 Å². The van der Waals surface area contributed by atoms with Crippen LogP contribution in [0.5, 0.6) is 0 Å². The van der Waals surface area contributed by atoms with Crippen LogP contribution in [0.1, 0.15) is 36.8 Å². The first-order valence-corrected chi connectivity index (χ1v) is 16.9. The fraction of sp³-hybridized carbons (Fsp3) is 0.414. The summed E-state index contributed by atoms with van der Waals surface area (Å²) in [7, 11) is -8.50. The van der Waals surface area contributed by atoms with Crippen molar-refractivity contribution in [1.29, 1.82) is 0 Å². The Hall–Kier alpha value is -3.14. The Morgan fingerprint density at radius 3 is 2.14 bits per heavy atom. The van der Waals surface area contributed by atoms with E-state index >= 15 is 4.39 Å². The van der Waals surface area contributed by atoms with Gasteiger partial charge in [0.05, 0.1) is 23.7 Å². The molecule has 1 N–H and O–H groups in total. The van der Waals surface area contributed by atoms with Gasteiger partial charge < -0.3 is 9.64 Å². The topological polar surface area (TPSA) is 106 Å². The molecular formula is C29H30F5N3O5S2. The number of alkyl halides is 3. The summed E-state index contributed by atoms with van der Waals surface area (Å²) in [6.07, 6.45) is -3.62. The smallest absolute Gasteiger partial charge is 0.378 e. The number of hydrogen-bond acceptors (Lipinski definition) is 7. The van der Waals surface area contributed by atoms with Gasteiger partial charge in [-0.3, -0.25) is 0 Å². The van der Waals surface area contributed by atoms with E-state index in [-0.39, 0.29) is 43.0 Å². The van der Waals surface area contributed by atoms with Crippen molar-refractivity contribution in [1.82, 2.24) is 9.71 Å². The van der Waals surface area contributed by atoms with Crippen LogP contribution >= 0.6 is 0 Å². The Balaban J connectivity index is 1.34. The highest BCUT2D eigenvalue weighted by Gasteiger charge is 2.50. The molecule has 0 bridgehead atoms. The lowest BCUT2D eigenvalue weighted by molar-refractivity contribution is -0.137. The van der Waals surface area contributed by atoms with Crippen LogP contribution in [0, 0.1) is 17.6 Å². The summed E-state index contributed by atoms with van der Waals surface area (Å²) in [4.78, 5) is 5.73. The monoisotopic (exact) mass is 659 g/mol. The number of benzene rings is 2. The maximum atomic E-state index is 15.1. The van der Waals surface area contributed by atoms with E-state index < -0.39 is 58.4 Å². The van der Waals surface area contributed by atoms with Crippen LogP contribution in [0.4, 0.5) is 27.8 Å². The summed E-state index contributed by atoms with van der Waals surface area (Å²) in [5, 5.41) is 0. The second kappa shape index (κ2) is 12.3. The van der Waals surface area contributed by atoms with Crippen molar-refractivity contribution in [2.24, 2.45) is 5.92 Å². The molecule has 44 heavy (non-hydrogen) atoms. The van der Waals surface area contributed by atoms with Crippen molar-refractivity contribution in [3.63, 3.8) is 0 Å². The lowest BCUT2D eigenvalue weighted by Crippen LogP contribution is -2.42. The Morgan fingerprint density at radius 1 is 0.909 bits per heavy atom. The Morgan fingerprint density at radius 2 is 1.55 bits per heavy atom. The van der Waals surface area contributed by atoms with Gasteiger partial charge in [-0.1, -0.05) is 0 Å². The van der Waals surface area contributed by atoms with Gasteiger partial charge in [0.1, 0.15) is 27.1 Å². The summed E-state index contributed by atoms with van der Waals surface area (Å²) >= 11 is 0. The highest BCUT2D eigenvalue weighted by molar-refractivity contribution is 7.92. The molecule has 1 saturated heterocycles. The predicted molar refractivity (Wildman–Crippen MR) is 151 cm³/mol.